The fourth-order valence-corrected chi connectivity index (χ4v) is 3.52. The highest BCUT2D eigenvalue weighted by Crippen LogP contribution is 2.28. The minimum absolute atomic E-state index is 0.182. The molecule has 0 atom stereocenters. The second-order valence-corrected chi connectivity index (χ2v) is 6.21. The van der Waals surface area contributed by atoms with Gasteiger partial charge in [0.05, 0.1) is 10.8 Å². The molecule has 0 unspecified atom stereocenters. The van der Waals surface area contributed by atoms with Crippen molar-refractivity contribution in [2.24, 2.45) is 0 Å². The number of unbranched alkanes of at least 4 members (excludes halogenated alkanes) is 4. The maximum Gasteiger partial charge on any atom is 0.0774 e. The number of aliphatic hydroxyl groups excluding tert-OH is 1. The molecule has 1 nitrogen and oxygen atoms in total. The Morgan fingerprint density at radius 1 is 1.20 bits per heavy atom. The van der Waals surface area contributed by atoms with E-state index < -0.39 is 0 Å². The Kier molecular flexibility index (Phi) is 7.14. The lowest BCUT2D eigenvalue weighted by Gasteiger charge is -1.98. The van der Waals surface area contributed by atoms with E-state index in [-0.39, 0.29) is 6.61 Å². The molecule has 0 saturated carbocycles. The highest BCUT2D eigenvalue weighted by Gasteiger charge is 1.99. The molecule has 1 aromatic heterocycles. The summed E-state index contributed by atoms with van der Waals surface area (Å²) in [6.45, 7) is 2.43. The normalized spacial score (nSPS) is 10.8. The van der Waals surface area contributed by atoms with Gasteiger partial charge in [0.2, 0.25) is 0 Å². The van der Waals surface area contributed by atoms with Crippen molar-refractivity contribution in [3.05, 3.63) is 17.0 Å². The first kappa shape index (κ1) is 13.1. The van der Waals surface area contributed by atoms with Crippen molar-refractivity contribution >= 4 is 23.1 Å². The fourth-order valence-electron chi connectivity index (χ4n) is 1.40. The van der Waals surface area contributed by atoms with Gasteiger partial charge in [0.25, 0.3) is 0 Å². The minimum Gasteiger partial charge on any atom is -0.391 e. The first-order valence-corrected chi connectivity index (χ1v) is 7.49. The van der Waals surface area contributed by atoms with Gasteiger partial charge in [0.15, 0.2) is 0 Å². The van der Waals surface area contributed by atoms with Crippen LogP contribution in [0.3, 0.4) is 0 Å². The number of thioether (sulfide) groups is 1. The Bertz CT molecular complexity index is 258. The zero-order valence-electron chi connectivity index (χ0n) is 9.37. The Hall–Kier alpha value is 0.01000. The first-order chi connectivity index (χ1) is 7.36. The van der Waals surface area contributed by atoms with Crippen LogP contribution in [0.15, 0.2) is 16.3 Å². The van der Waals surface area contributed by atoms with E-state index in [0.29, 0.717) is 0 Å². The first-order valence-electron chi connectivity index (χ1n) is 5.69. The predicted molar refractivity (Wildman–Crippen MR) is 69.7 cm³/mol. The van der Waals surface area contributed by atoms with E-state index in [0.717, 1.165) is 4.88 Å². The van der Waals surface area contributed by atoms with Gasteiger partial charge < -0.3 is 5.11 Å². The number of hydrogen-bond acceptors (Lipinski definition) is 3. The van der Waals surface area contributed by atoms with Crippen LogP contribution in [-0.4, -0.2) is 10.9 Å². The lowest BCUT2D eigenvalue weighted by molar-refractivity contribution is 0.285. The number of thiophene rings is 1. The Labute approximate surface area is 101 Å². The van der Waals surface area contributed by atoms with E-state index in [1.54, 1.807) is 11.3 Å². The van der Waals surface area contributed by atoms with E-state index in [1.807, 2.05) is 17.8 Å². The molecule has 1 rings (SSSR count). The van der Waals surface area contributed by atoms with Crippen LogP contribution in [0.2, 0.25) is 0 Å². The SMILES string of the molecule is CCCCCCCSc1ccc(CO)s1. The quantitative estimate of drug-likeness (QED) is 0.543. The lowest BCUT2D eigenvalue weighted by Crippen LogP contribution is -1.80. The molecule has 0 aromatic carbocycles. The molecule has 0 aliphatic rings. The van der Waals surface area contributed by atoms with Gasteiger partial charge in [-0.15, -0.1) is 23.1 Å². The smallest absolute Gasteiger partial charge is 0.0774 e. The van der Waals surface area contributed by atoms with Crippen LogP contribution in [0.1, 0.15) is 43.9 Å². The van der Waals surface area contributed by atoms with Crippen molar-refractivity contribution < 1.29 is 5.11 Å². The van der Waals surface area contributed by atoms with E-state index in [4.69, 9.17) is 5.11 Å². The standard InChI is InChI=1S/C12H20OS2/c1-2-3-4-5-6-9-14-12-8-7-11(10-13)15-12/h7-8,13H,2-6,9-10H2,1H3. The van der Waals surface area contributed by atoms with Gasteiger partial charge in [-0.2, -0.15) is 0 Å². The molecule has 1 heterocycles. The van der Waals surface area contributed by atoms with E-state index in [9.17, 15) is 0 Å². The molecule has 1 N–H and O–H groups in total. The molecule has 0 spiro atoms. The van der Waals surface area contributed by atoms with Gasteiger partial charge in [-0.1, -0.05) is 32.6 Å². The Balaban J connectivity index is 2.04. The van der Waals surface area contributed by atoms with Crippen LogP contribution in [-0.2, 0) is 6.61 Å². The average molecular weight is 244 g/mol. The summed E-state index contributed by atoms with van der Waals surface area (Å²) >= 11 is 3.64. The summed E-state index contributed by atoms with van der Waals surface area (Å²) in [4.78, 5) is 1.07. The topological polar surface area (TPSA) is 20.2 Å². The van der Waals surface area contributed by atoms with Gasteiger partial charge in [0.1, 0.15) is 0 Å². The molecular weight excluding hydrogens is 224 g/mol. The Morgan fingerprint density at radius 2 is 2.00 bits per heavy atom. The van der Waals surface area contributed by atoms with Crippen molar-refractivity contribution in [1.29, 1.82) is 0 Å². The predicted octanol–water partition coefficient (Wildman–Crippen LogP) is 4.30. The minimum atomic E-state index is 0.182. The van der Waals surface area contributed by atoms with Gasteiger partial charge in [0, 0.05) is 4.88 Å². The van der Waals surface area contributed by atoms with E-state index in [2.05, 4.69) is 13.0 Å². The summed E-state index contributed by atoms with van der Waals surface area (Å²) in [6.07, 6.45) is 6.75. The molecule has 86 valence electrons. The van der Waals surface area contributed by atoms with Crippen molar-refractivity contribution in [2.45, 2.75) is 49.8 Å². The van der Waals surface area contributed by atoms with Crippen molar-refractivity contribution in [1.82, 2.24) is 0 Å². The molecule has 0 aliphatic carbocycles. The van der Waals surface area contributed by atoms with Gasteiger partial charge in [-0.25, -0.2) is 0 Å². The summed E-state index contributed by atoms with van der Waals surface area (Å²) in [5.74, 6) is 1.22. The van der Waals surface area contributed by atoms with Crippen molar-refractivity contribution in [3.63, 3.8) is 0 Å². The second-order valence-electron chi connectivity index (χ2n) is 3.64. The van der Waals surface area contributed by atoms with Crippen LogP contribution < -0.4 is 0 Å². The van der Waals surface area contributed by atoms with Crippen molar-refractivity contribution in [2.75, 3.05) is 5.75 Å². The Morgan fingerprint density at radius 3 is 2.67 bits per heavy atom. The van der Waals surface area contributed by atoms with Crippen LogP contribution in [0, 0.1) is 0 Å². The summed E-state index contributed by atoms with van der Waals surface area (Å²) in [5.41, 5.74) is 0. The molecular formula is C12H20OS2. The molecule has 1 aromatic rings. The zero-order valence-corrected chi connectivity index (χ0v) is 11.0. The summed E-state index contributed by atoms with van der Waals surface area (Å²) < 4.78 is 1.34. The summed E-state index contributed by atoms with van der Waals surface area (Å²) in [5, 5.41) is 8.92. The molecule has 0 amide bonds. The summed E-state index contributed by atoms with van der Waals surface area (Å²) in [6, 6.07) is 4.14. The van der Waals surface area contributed by atoms with E-state index >= 15 is 0 Å². The van der Waals surface area contributed by atoms with Crippen LogP contribution in [0.25, 0.3) is 0 Å². The highest BCUT2D eigenvalue weighted by atomic mass is 32.2. The molecule has 0 radical (unpaired) electrons. The van der Waals surface area contributed by atoms with Gasteiger partial charge >= 0.3 is 0 Å². The fraction of sp³-hybridized carbons (Fsp3) is 0.667. The van der Waals surface area contributed by atoms with Crippen LogP contribution in [0.5, 0.6) is 0 Å². The number of aliphatic hydroxyl groups is 1. The average Bonchev–Trinajstić information content (AvgIpc) is 2.71. The molecule has 0 fully saturated rings. The molecule has 0 aliphatic heterocycles. The van der Waals surface area contributed by atoms with Crippen LogP contribution in [0.4, 0.5) is 0 Å². The monoisotopic (exact) mass is 244 g/mol. The molecule has 15 heavy (non-hydrogen) atoms. The summed E-state index contributed by atoms with van der Waals surface area (Å²) in [7, 11) is 0. The number of hydrogen-bond donors (Lipinski definition) is 1. The van der Waals surface area contributed by atoms with Crippen LogP contribution >= 0.6 is 23.1 Å². The van der Waals surface area contributed by atoms with E-state index in [1.165, 1.54) is 42.1 Å². The highest BCUT2D eigenvalue weighted by molar-refractivity contribution is 8.01. The molecule has 0 saturated heterocycles. The third-order valence-corrected chi connectivity index (χ3v) is 4.67. The maximum atomic E-state index is 8.92. The largest absolute Gasteiger partial charge is 0.391 e. The maximum absolute atomic E-state index is 8.92. The zero-order chi connectivity index (χ0) is 10.9. The van der Waals surface area contributed by atoms with Gasteiger partial charge in [-0.3, -0.25) is 0 Å². The third-order valence-electron chi connectivity index (χ3n) is 2.29. The number of rotatable bonds is 8. The third kappa shape index (κ3) is 5.59. The van der Waals surface area contributed by atoms with Gasteiger partial charge in [-0.05, 0) is 24.3 Å². The second kappa shape index (κ2) is 8.20. The van der Waals surface area contributed by atoms with Crippen molar-refractivity contribution in [3.8, 4) is 0 Å². The lowest BCUT2D eigenvalue weighted by atomic mass is 10.2. The molecule has 0 bridgehead atoms. The molecule has 3 heteroatoms.